The molecule has 2 aromatic rings. The van der Waals surface area contributed by atoms with Gasteiger partial charge in [0.1, 0.15) is 5.82 Å². The number of carboxylic acids is 1. The summed E-state index contributed by atoms with van der Waals surface area (Å²) in [7, 11) is 0. The molecule has 0 saturated heterocycles. The molecule has 0 unspecified atom stereocenters. The van der Waals surface area contributed by atoms with Crippen molar-refractivity contribution in [3.05, 3.63) is 51.1 Å². The van der Waals surface area contributed by atoms with Crippen molar-refractivity contribution in [3.63, 3.8) is 0 Å². The first-order valence-corrected chi connectivity index (χ1v) is 7.63. The summed E-state index contributed by atoms with van der Waals surface area (Å²) >= 11 is 9.44. The average molecular weight is 370 g/mol. The second kappa shape index (κ2) is 6.91. The van der Waals surface area contributed by atoms with Crippen molar-refractivity contribution in [2.24, 2.45) is 0 Å². The summed E-state index contributed by atoms with van der Waals surface area (Å²) in [6.07, 6.45) is 1.63. The fraction of sp³-hybridized carbons (Fsp3) is 0.200. The first kappa shape index (κ1) is 15.8. The van der Waals surface area contributed by atoms with Gasteiger partial charge in [-0.1, -0.05) is 31.0 Å². The lowest BCUT2D eigenvalue weighted by molar-refractivity contribution is 0.0696. The van der Waals surface area contributed by atoms with Crippen LogP contribution in [0.2, 0.25) is 5.02 Å². The van der Waals surface area contributed by atoms with Crippen LogP contribution in [0.25, 0.3) is 0 Å². The van der Waals surface area contributed by atoms with E-state index in [9.17, 15) is 9.90 Å². The minimum absolute atomic E-state index is 0.217. The fourth-order valence-electron chi connectivity index (χ4n) is 1.90. The van der Waals surface area contributed by atoms with E-state index in [0.717, 1.165) is 24.2 Å². The number of nitrogens with one attached hydrogen (secondary N) is 1. The van der Waals surface area contributed by atoms with E-state index in [-0.39, 0.29) is 5.56 Å². The van der Waals surface area contributed by atoms with Crippen LogP contribution < -0.4 is 5.32 Å². The molecule has 4 nitrogen and oxygen atoms in total. The summed E-state index contributed by atoms with van der Waals surface area (Å²) in [5.74, 6) is -0.482. The number of halogens is 2. The summed E-state index contributed by atoms with van der Waals surface area (Å²) in [5.41, 5.74) is 1.70. The van der Waals surface area contributed by atoms with Crippen LogP contribution in [0.1, 0.15) is 29.4 Å². The Labute approximate surface area is 136 Å². The van der Waals surface area contributed by atoms with E-state index < -0.39 is 5.97 Å². The Morgan fingerprint density at radius 3 is 2.86 bits per heavy atom. The summed E-state index contributed by atoms with van der Waals surface area (Å²) < 4.78 is 0.714. The quantitative estimate of drug-likeness (QED) is 0.787. The lowest BCUT2D eigenvalue weighted by Crippen LogP contribution is -2.04. The van der Waals surface area contributed by atoms with Crippen LogP contribution in [0.3, 0.4) is 0 Å². The van der Waals surface area contributed by atoms with Crippen LogP contribution in [-0.2, 0) is 6.42 Å². The molecule has 0 aliphatic carbocycles. The van der Waals surface area contributed by atoms with Crippen LogP contribution in [0.4, 0.5) is 11.5 Å². The van der Waals surface area contributed by atoms with Crippen LogP contribution in [0, 0.1) is 0 Å². The van der Waals surface area contributed by atoms with E-state index >= 15 is 0 Å². The molecule has 0 saturated carbocycles. The van der Waals surface area contributed by atoms with Gasteiger partial charge >= 0.3 is 5.97 Å². The number of hydrogen-bond acceptors (Lipinski definition) is 3. The molecule has 0 fully saturated rings. The van der Waals surface area contributed by atoms with Gasteiger partial charge in [0.15, 0.2) is 0 Å². The Balaban J connectivity index is 2.38. The molecule has 1 heterocycles. The van der Waals surface area contributed by atoms with Gasteiger partial charge in [0.25, 0.3) is 0 Å². The number of carbonyl (C=O) groups is 1. The molecular formula is C15H14BrClN2O2. The van der Waals surface area contributed by atoms with Crippen molar-refractivity contribution in [2.75, 3.05) is 5.32 Å². The first-order chi connectivity index (χ1) is 10.0. The molecule has 110 valence electrons. The molecule has 0 spiro atoms. The third-order valence-electron chi connectivity index (χ3n) is 2.85. The molecule has 0 aliphatic rings. The Bertz CT molecular complexity index is 677. The number of carboxylic acid groups (broad SMARTS) is 1. The second-order valence-electron chi connectivity index (χ2n) is 4.51. The van der Waals surface area contributed by atoms with Crippen LogP contribution in [-0.4, -0.2) is 16.1 Å². The fourth-order valence-corrected chi connectivity index (χ4v) is 2.44. The third-order valence-corrected chi connectivity index (χ3v) is 4.24. The highest BCUT2D eigenvalue weighted by Gasteiger charge is 2.10. The number of pyridine rings is 1. The first-order valence-electron chi connectivity index (χ1n) is 6.46. The van der Waals surface area contributed by atoms with Crippen molar-refractivity contribution < 1.29 is 9.90 Å². The van der Waals surface area contributed by atoms with Crippen LogP contribution in [0.15, 0.2) is 34.8 Å². The van der Waals surface area contributed by atoms with Crippen molar-refractivity contribution in [1.82, 2.24) is 4.98 Å². The number of nitrogens with zero attached hydrogens (tertiary/aromatic N) is 1. The second-order valence-corrected chi connectivity index (χ2v) is 5.71. The van der Waals surface area contributed by atoms with E-state index in [0.29, 0.717) is 15.3 Å². The van der Waals surface area contributed by atoms with Gasteiger partial charge in [0.2, 0.25) is 0 Å². The Morgan fingerprint density at radius 2 is 2.19 bits per heavy atom. The summed E-state index contributed by atoms with van der Waals surface area (Å²) in [6, 6.07) is 8.52. The minimum Gasteiger partial charge on any atom is -0.478 e. The van der Waals surface area contributed by atoms with Gasteiger partial charge in [0, 0.05) is 5.69 Å². The van der Waals surface area contributed by atoms with Crippen LogP contribution in [0.5, 0.6) is 0 Å². The predicted octanol–water partition coefficient (Wildman–Crippen LogP) is 4.89. The predicted molar refractivity (Wildman–Crippen MR) is 87.6 cm³/mol. The van der Waals surface area contributed by atoms with Gasteiger partial charge in [-0.2, -0.15) is 0 Å². The molecule has 21 heavy (non-hydrogen) atoms. The Kier molecular flexibility index (Phi) is 5.20. The number of anilines is 2. The zero-order valence-electron chi connectivity index (χ0n) is 11.4. The minimum atomic E-state index is -0.969. The summed E-state index contributed by atoms with van der Waals surface area (Å²) in [6.45, 7) is 2.02. The topological polar surface area (TPSA) is 62.2 Å². The van der Waals surface area contributed by atoms with Crippen molar-refractivity contribution in [1.29, 1.82) is 0 Å². The van der Waals surface area contributed by atoms with Gasteiger partial charge in [-0.15, -0.1) is 0 Å². The smallest absolute Gasteiger partial charge is 0.335 e. The highest BCUT2D eigenvalue weighted by atomic mass is 79.9. The average Bonchev–Trinajstić information content (AvgIpc) is 2.44. The van der Waals surface area contributed by atoms with Gasteiger partial charge in [0.05, 0.1) is 20.7 Å². The number of hydrogen-bond donors (Lipinski definition) is 2. The summed E-state index contributed by atoms with van der Waals surface area (Å²) in [4.78, 5) is 15.6. The highest BCUT2D eigenvalue weighted by Crippen LogP contribution is 2.32. The van der Waals surface area contributed by atoms with Crippen molar-refractivity contribution in [3.8, 4) is 0 Å². The molecule has 0 bridgehead atoms. The van der Waals surface area contributed by atoms with E-state index in [1.807, 2.05) is 19.1 Å². The van der Waals surface area contributed by atoms with Gasteiger partial charge in [-0.05, 0) is 46.6 Å². The molecule has 6 heteroatoms. The maximum Gasteiger partial charge on any atom is 0.335 e. The molecule has 2 N–H and O–H groups in total. The number of aryl methyl sites for hydroxylation is 1. The lowest BCUT2D eigenvalue weighted by atomic mass is 10.1. The SMILES string of the molecule is CCCc1cc(C(=O)O)cc(Nc2cccc(Cl)c2Br)n1. The van der Waals surface area contributed by atoms with E-state index in [1.165, 1.54) is 6.07 Å². The zero-order chi connectivity index (χ0) is 15.4. The largest absolute Gasteiger partial charge is 0.478 e. The molecule has 2 rings (SSSR count). The van der Waals surface area contributed by atoms with E-state index in [2.05, 4.69) is 26.2 Å². The van der Waals surface area contributed by atoms with Gasteiger partial charge < -0.3 is 10.4 Å². The van der Waals surface area contributed by atoms with E-state index in [4.69, 9.17) is 11.6 Å². The number of aromatic nitrogens is 1. The molecule has 0 aliphatic heterocycles. The number of benzene rings is 1. The van der Waals surface area contributed by atoms with Crippen molar-refractivity contribution >= 4 is 45.0 Å². The zero-order valence-corrected chi connectivity index (χ0v) is 13.7. The molecule has 0 amide bonds. The third kappa shape index (κ3) is 3.95. The molecular weight excluding hydrogens is 356 g/mol. The molecule has 0 radical (unpaired) electrons. The molecule has 0 atom stereocenters. The van der Waals surface area contributed by atoms with Crippen LogP contribution >= 0.6 is 27.5 Å². The van der Waals surface area contributed by atoms with E-state index in [1.54, 1.807) is 12.1 Å². The monoisotopic (exact) mass is 368 g/mol. The normalized spacial score (nSPS) is 10.4. The lowest BCUT2D eigenvalue weighted by Gasteiger charge is -2.11. The standard InChI is InChI=1S/C15H14BrClN2O2/c1-2-4-10-7-9(15(20)21)8-13(18-10)19-12-6-3-5-11(17)14(12)16/h3,5-8H,2,4H2,1H3,(H,18,19)(H,20,21). The molecule has 1 aromatic heterocycles. The number of aromatic carboxylic acids is 1. The Morgan fingerprint density at radius 1 is 1.43 bits per heavy atom. The van der Waals surface area contributed by atoms with Gasteiger partial charge in [-0.25, -0.2) is 9.78 Å². The van der Waals surface area contributed by atoms with Crippen molar-refractivity contribution in [2.45, 2.75) is 19.8 Å². The maximum atomic E-state index is 11.2. The maximum absolute atomic E-state index is 11.2. The summed E-state index contributed by atoms with van der Waals surface area (Å²) in [5, 5.41) is 12.9. The number of rotatable bonds is 5. The van der Waals surface area contributed by atoms with Gasteiger partial charge in [-0.3, -0.25) is 0 Å². The molecule has 1 aromatic carbocycles. The highest BCUT2D eigenvalue weighted by molar-refractivity contribution is 9.10. The Hall–Kier alpha value is -1.59.